The minimum absolute atomic E-state index is 0.121. The van der Waals surface area contributed by atoms with E-state index in [1.165, 1.54) is 24.3 Å². The number of nitrogens with zero attached hydrogens (tertiary/aromatic N) is 1. The first-order valence-electron chi connectivity index (χ1n) is 8.29. The number of amides is 1. The van der Waals surface area contributed by atoms with Crippen LogP contribution in [-0.2, 0) is 21.0 Å². The number of hydrogen-bond acceptors (Lipinski definition) is 5. The maximum atomic E-state index is 12.9. The average Bonchev–Trinajstić information content (AvgIpc) is 2.66. The molecular weight excluding hydrogens is 447 g/mol. The molecule has 0 spiro atoms. The molecule has 0 radical (unpaired) electrons. The van der Waals surface area contributed by atoms with Crippen molar-refractivity contribution in [2.45, 2.75) is 17.5 Å². The number of hydrogen-bond donors (Lipinski definition) is 2. The zero-order valence-electron chi connectivity index (χ0n) is 15.2. The van der Waals surface area contributed by atoms with Crippen LogP contribution in [0.15, 0.2) is 47.4 Å². The van der Waals surface area contributed by atoms with Crippen LogP contribution >= 0.6 is 11.6 Å². The fourth-order valence-corrected chi connectivity index (χ4v) is 3.53. The smallest absolute Gasteiger partial charge is 0.417 e. The molecule has 0 aliphatic carbocycles. The Morgan fingerprint density at radius 2 is 1.83 bits per heavy atom. The van der Waals surface area contributed by atoms with Crippen LogP contribution in [0, 0.1) is 11.3 Å². The second-order valence-corrected chi connectivity index (χ2v) is 7.98. The summed E-state index contributed by atoms with van der Waals surface area (Å²) in [5, 5.41) is 10.3. The van der Waals surface area contributed by atoms with Gasteiger partial charge in [0.25, 0.3) is 0 Å². The number of carbonyl (C=O) groups is 1. The fraction of sp³-hybridized carbons (Fsp3) is 0.222. The van der Waals surface area contributed by atoms with E-state index in [2.05, 4.69) is 10.0 Å². The van der Waals surface area contributed by atoms with Gasteiger partial charge in [-0.1, -0.05) is 11.6 Å². The Labute approximate surface area is 175 Å². The molecule has 0 aromatic heterocycles. The highest BCUT2D eigenvalue weighted by Crippen LogP contribution is 2.35. The summed E-state index contributed by atoms with van der Waals surface area (Å²) in [5.41, 5.74) is -0.855. The number of benzene rings is 2. The second-order valence-electron chi connectivity index (χ2n) is 5.81. The lowest BCUT2D eigenvalue weighted by Gasteiger charge is -2.12. The Kier molecular flexibility index (Phi) is 7.66. The van der Waals surface area contributed by atoms with Crippen LogP contribution in [0.25, 0.3) is 0 Å². The summed E-state index contributed by atoms with van der Waals surface area (Å²) in [6.45, 7) is -0.453. The normalized spacial score (nSPS) is 11.6. The molecule has 160 valence electrons. The summed E-state index contributed by atoms with van der Waals surface area (Å²) in [6.07, 6.45) is -5.07. The molecular formula is C18H15ClF3N3O4S. The van der Waals surface area contributed by atoms with Crippen molar-refractivity contribution >= 4 is 33.2 Å². The standard InChI is InChI=1S/C18H15ClF3N3O4S/c19-16-6-5-14(11-15(16)18(20,21)22)30(27,28)24-9-7-17(26)25-12-1-3-13(4-2-12)29-10-8-23/h1-6,11,24H,7,9-10H2,(H,25,26). The molecule has 0 aliphatic heterocycles. The lowest BCUT2D eigenvalue weighted by molar-refractivity contribution is -0.137. The monoisotopic (exact) mass is 461 g/mol. The van der Waals surface area contributed by atoms with Crippen LogP contribution in [0.1, 0.15) is 12.0 Å². The highest BCUT2D eigenvalue weighted by Gasteiger charge is 2.34. The van der Waals surface area contributed by atoms with E-state index in [4.69, 9.17) is 21.6 Å². The third kappa shape index (κ3) is 6.62. The van der Waals surface area contributed by atoms with E-state index in [0.29, 0.717) is 17.5 Å². The van der Waals surface area contributed by atoms with Crippen molar-refractivity contribution in [3.63, 3.8) is 0 Å². The van der Waals surface area contributed by atoms with Gasteiger partial charge in [-0.25, -0.2) is 13.1 Å². The van der Waals surface area contributed by atoms with Gasteiger partial charge >= 0.3 is 6.18 Å². The zero-order valence-corrected chi connectivity index (χ0v) is 16.7. The van der Waals surface area contributed by atoms with Gasteiger partial charge in [0.05, 0.1) is 15.5 Å². The highest BCUT2D eigenvalue weighted by molar-refractivity contribution is 7.89. The third-order valence-corrected chi connectivity index (χ3v) is 5.43. The number of sulfonamides is 1. The van der Waals surface area contributed by atoms with Crippen LogP contribution in [0.2, 0.25) is 5.02 Å². The quantitative estimate of drug-likeness (QED) is 0.624. The molecule has 0 atom stereocenters. The van der Waals surface area contributed by atoms with Crippen molar-refractivity contribution in [1.82, 2.24) is 4.72 Å². The maximum Gasteiger partial charge on any atom is 0.417 e. The summed E-state index contributed by atoms with van der Waals surface area (Å²) in [6, 6.07) is 10.2. The number of ether oxygens (including phenoxy) is 1. The molecule has 0 unspecified atom stereocenters. The first kappa shape index (κ1) is 23.5. The van der Waals surface area contributed by atoms with Gasteiger partial charge in [-0.15, -0.1) is 0 Å². The molecule has 2 aromatic carbocycles. The van der Waals surface area contributed by atoms with Crippen molar-refractivity contribution in [3.8, 4) is 11.8 Å². The third-order valence-electron chi connectivity index (χ3n) is 3.64. The molecule has 0 saturated carbocycles. The number of nitrogens with one attached hydrogen (secondary N) is 2. The molecule has 0 heterocycles. The van der Waals surface area contributed by atoms with Gasteiger partial charge in [0.2, 0.25) is 15.9 Å². The SMILES string of the molecule is N#CCOc1ccc(NC(=O)CCNS(=O)(=O)c2ccc(Cl)c(C(F)(F)F)c2)cc1. The van der Waals surface area contributed by atoms with Crippen molar-refractivity contribution in [1.29, 1.82) is 5.26 Å². The van der Waals surface area contributed by atoms with Gasteiger partial charge in [-0.2, -0.15) is 18.4 Å². The second kappa shape index (κ2) is 9.80. The predicted octanol–water partition coefficient (Wildman–Crippen LogP) is 3.57. The van der Waals surface area contributed by atoms with E-state index in [0.717, 1.165) is 12.1 Å². The molecule has 1 amide bonds. The molecule has 0 aliphatic rings. The van der Waals surface area contributed by atoms with Gasteiger partial charge < -0.3 is 10.1 Å². The minimum Gasteiger partial charge on any atom is -0.479 e. The molecule has 7 nitrogen and oxygen atoms in total. The lowest BCUT2D eigenvalue weighted by atomic mass is 10.2. The molecule has 2 rings (SSSR count). The van der Waals surface area contributed by atoms with Gasteiger partial charge in [-0.05, 0) is 42.5 Å². The molecule has 30 heavy (non-hydrogen) atoms. The number of nitriles is 1. The average molecular weight is 462 g/mol. The van der Waals surface area contributed by atoms with E-state index < -0.39 is 37.6 Å². The van der Waals surface area contributed by atoms with Gasteiger partial charge in [-0.3, -0.25) is 4.79 Å². The van der Waals surface area contributed by atoms with E-state index in [9.17, 15) is 26.4 Å². The van der Waals surface area contributed by atoms with Crippen molar-refractivity contribution in [2.24, 2.45) is 0 Å². The van der Waals surface area contributed by atoms with Crippen LogP contribution in [0.5, 0.6) is 5.75 Å². The van der Waals surface area contributed by atoms with Crippen molar-refractivity contribution in [3.05, 3.63) is 53.1 Å². The molecule has 2 aromatic rings. The molecule has 0 fully saturated rings. The Bertz CT molecular complexity index is 1050. The van der Waals surface area contributed by atoms with Gasteiger partial charge in [0.15, 0.2) is 6.61 Å². The first-order chi connectivity index (χ1) is 14.0. The van der Waals surface area contributed by atoms with E-state index in [-0.39, 0.29) is 19.6 Å². The van der Waals surface area contributed by atoms with Crippen molar-refractivity contribution < 1.29 is 31.1 Å². The Hall–Kier alpha value is -2.81. The van der Waals surface area contributed by atoms with Crippen LogP contribution < -0.4 is 14.8 Å². The summed E-state index contributed by atoms with van der Waals surface area (Å²) in [4.78, 5) is 11.3. The number of carbonyl (C=O) groups excluding carboxylic acids is 1. The summed E-state index contributed by atoms with van der Waals surface area (Å²) in [5.74, 6) is -0.0843. The van der Waals surface area contributed by atoms with E-state index >= 15 is 0 Å². The van der Waals surface area contributed by atoms with Crippen LogP contribution in [0.3, 0.4) is 0 Å². The number of anilines is 1. The summed E-state index contributed by atoms with van der Waals surface area (Å²) < 4.78 is 70.2. The van der Waals surface area contributed by atoms with Crippen molar-refractivity contribution in [2.75, 3.05) is 18.5 Å². The highest BCUT2D eigenvalue weighted by atomic mass is 35.5. The summed E-state index contributed by atoms with van der Waals surface area (Å²) in [7, 11) is -4.27. The summed E-state index contributed by atoms with van der Waals surface area (Å²) >= 11 is 5.48. The minimum atomic E-state index is -4.81. The number of rotatable bonds is 8. The van der Waals surface area contributed by atoms with Gasteiger partial charge in [0.1, 0.15) is 11.8 Å². The Morgan fingerprint density at radius 3 is 2.43 bits per heavy atom. The van der Waals surface area contributed by atoms with E-state index in [1.54, 1.807) is 0 Å². The maximum absolute atomic E-state index is 12.9. The fourth-order valence-electron chi connectivity index (χ4n) is 2.24. The zero-order chi connectivity index (χ0) is 22.4. The molecule has 0 saturated heterocycles. The molecule has 0 bridgehead atoms. The number of halogens is 4. The lowest BCUT2D eigenvalue weighted by Crippen LogP contribution is -2.28. The predicted molar refractivity (Wildman–Crippen MR) is 102 cm³/mol. The number of alkyl halides is 3. The molecule has 12 heteroatoms. The largest absolute Gasteiger partial charge is 0.479 e. The van der Waals surface area contributed by atoms with E-state index in [1.807, 2.05) is 6.07 Å². The van der Waals surface area contributed by atoms with Gasteiger partial charge in [0, 0.05) is 18.7 Å². The first-order valence-corrected chi connectivity index (χ1v) is 10.1. The Morgan fingerprint density at radius 1 is 1.17 bits per heavy atom. The van der Waals surface area contributed by atoms with Crippen LogP contribution in [-0.4, -0.2) is 27.5 Å². The topological polar surface area (TPSA) is 108 Å². The Balaban J connectivity index is 1.92. The molecule has 2 N–H and O–H groups in total. The van der Waals surface area contributed by atoms with Crippen LogP contribution in [0.4, 0.5) is 18.9 Å².